The van der Waals surface area contributed by atoms with Crippen molar-refractivity contribution in [3.05, 3.63) is 46.2 Å². The average Bonchev–Trinajstić information content (AvgIpc) is 3.19. The predicted octanol–water partition coefficient (Wildman–Crippen LogP) is 4.18. The van der Waals surface area contributed by atoms with Crippen molar-refractivity contribution in [1.82, 2.24) is 19.7 Å². The highest BCUT2D eigenvalue weighted by Crippen LogP contribution is 2.34. The highest BCUT2D eigenvalue weighted by atomic mass is 32.2. The van der Waals surface area contributed by atoms with Crippen LogP contribution < -0.4 is 5.56 Å². The number of allylic oxidation sites excluding steroid dienone is 1. The molecule has 0 fully saturated rings. The van der Waals surface area contributed by atoms with Crippen LogP contribution in [0.4, 0.5) is 0 Å². The molecule has 0 bridgehead atoms. The first-order valence-electron chi connectivity index (χ1n) is 7.91. The van der Waals surface area contributed by atoms with Crippen LogP contribution in [-0.4, -0.2) is 19.7 Å². The maximum Gasteiger partial charge on any atom is 0.263 e. The first-order chi connectivity index (χ1) is 11.8. The van der Waals surface area contributed by atoms with Crippen molar-refractivity contribution in [2.45, 2.75) is 50.1 Å². The van der Waals surface area contributed by atoms with E-state index >= 15 is 0 Å². The lowest BCUT2D eigenvalue weighted by molar-refractivity contribution is 0.364. The standard InChI is InChI=1S/C17H20N4O2S2/c1-6-8-21-14(22)11-7-9-24-13(11)19-16(21)25-10(2)12-18-15(20-23-12)17(3,4)5/h6-7,9-10H,1,8H2,2-5H3. The van der Waals surface area contributed by atoms with Crippen molar-refractivity contribution in [3.8, 4) is 0 Å². The van der Waals surface area contributed by atoms with Crippen molar-refractivity contribution in [2.75, 3.05) is 0 Å². The van der Waals surface area contributed by atoms with Gasteiger partial charge in [0.25, 0.3) is 5.56 Å². The Morgan fingerprint density at radius 1 is 1.44 bits per heavy atom. The summed E-state index contributed by atoms with van der Waals surface area (Å²) in [6.07, 6.45) is 1.69. The summed E-state index contributed by atoms with van der Waals surface area (Å²) in [7, 11) is 0. The molecule has 0 aliphatic rings. The van der Waals surface area contributed by atoms with Crippen LogP contribution in [0.25, 0.3) is 10.2 Å². The van der Waals surface area contributed by atoms with Gasteiger partial charge in [-0.1, -0.05) is 43.8 Å². The summed E-state index contributed by atoms with van der Waals surface area (Å²) in [6, 6.07) is 1.81. The number of thioether (sulfide) groups is 1. The molecular weight excluding hydrogens is 356 g/mol. The Bertz CT molecular complexity index is 965. The minimum Gasteiger partial charge on any atom is -0.338 e. The quantitative estimate of drug-likeness (QED) is 0.378. The number of hydrogen-bond donors (Lipinski definition) is 0. The zero-order valence-corrected chi connectivity index (χ0v) is 16.3. The summed E-state index contributed by atoms with van der Waals surface area (Å²) in [5.41, 5.74) is -0.229. The van der Waals surface area contributed by atoms with Gasteiger partial charge in [0.2, 0.25) is 5.89 Å². The van der Waals surface area contributed by atoms with Crippen LogP contribution >= 0.6 is 23.1 Å². The zero-order valence-electron chi connectivity index (χ0n) is 14.6. The van der Waals surface area contributed by atoms with E-state index in [2.05, 4.69) is 21.7 Å². The van der Waals surface area contributed by atoms with E-state index in [1.807, 2.05) is 33.1 Å². The lowest BCUT2D eigenvalue weighted by Gasteiger charge is -2.13. The molecule has 0 saturated carbocycles. The molecule has 1 atom stereocenters. The molecule has 0 aromatic carbocycles. The van der Waals surface area contributed by atoms with E-state index in [-0.39, 0.29) is 16.2 Å². The highest BCUT2D eigenvalue weighted by Gasteiger charge is 2.24. The molecule has 3 heterocycles. The van der Waals surface area contributed by atoms with Gasteiger partial charge in [-0.25, -0.2) is 4.98 Å². The lowest BCUT2D eigenvalue weighted by Crippen LogP contribution is -2.22. The van der Waals surface area contributed by atoms with Crippen LogP contribution in [0.15, 0.2) is 38.6 Å². The van der Waals surface area contributed by atoms with E-state index in [0.29, 0.717) is 28.8 Å². The van der Waals surface area contributed by atoms with Crippen molar-refractivity contribution in [2.24, 2.45) is 0 Å². The fraction of sp³-hybridized carbons (Fsp3) is 0.412. The van der Waals surface area contributed by atoms with E-state index in [1.54, 1.807) is 16.7 Å². The van der Waals surface area contributed by atoms with E-state index in [9.17, 15) is 4.79 Å². The van der Waals surface area contributed by atoms with Gasteiger partial charge < -0.3 is 4.52 Å². The van der Waals surface area contributed by atoms with Crippen LogP contribution in [-0.2, 0) is 12.0 Å². The Balaban J connectivity index is 1.96. The monoisotopic (exact) mass is 376 g/mol. The molecule has 8 heteroatoms. The van der Waals surface area contributed by atoms with E-state index in [0.717, 1.165) is 4.83 Å². The van der Waals surface area contributed by atoms with Crippen LogP contribution in [0.5, 0.6) is 0 Å². The molecule has 0 amide bonds. The van der Waals surface area contributed by atoms with Crippen LogP contribution in [0, 0.1) is 0 Å². The van der Waals surface area contributed by atoms with Crippen molar-refractivity contribution < 1.29 is 4.52 Å². The van der Waals surface area contributed by atoms with Gasteiger partial charge in [-0.05, 0) is 18.4 Å². The van der Waals surface area contributed by atoms with E-state index in [4.69, 9.17) is 4.52 Å². The largest absolute Gasteiger partial charge is 0.338 e. The first kappa shape index (κ1) is 17.9. The van der Waals surface area contributed by atoms with Crippen LogP contribution in [0.3, 0.4) is 0 Å². The average molecular weight is 377 g/mol. The summed E-state index contributed by atoms with van der Waals surface area (Å²) >= 11 is 2.89. The van der Waals surface area contributed by atoms with Crippen molar-refractivity contribution >= 4 is 33.3 Å². The highest BCUT2D eigenvalue weighted by molar-refractivity contribution is 7.99. The first-order valence-corrected chi connectivity index (χ1v) is 9.67. The molecule has 0 aliphatic heterocycles. The number of hydrogen-bond acceptors (Lipinski definition) is 7. The molecule has 0 saturated heterocycles. The second kappa shape index (κ2) is 6.76. The van der Waals surface area contributed by atoms with Crippen LogP contribution in [0.2, 0.25) is 0 Å². The topological polar surface area (TPSA) is 73.8 Å². The smallest absolute Gasteiger partial charge is 0.263 e. The zero-order chi connectivity index (χ0) is 18.2. The Morgan fingerprint density at radius 3 is 2.84 bits per heavy atom. The molecule has 0 radical (unpaired) electrons. The Hall–Kier alpha value is -1.93. The summed E-state index contributed by atoms with van der Waals surface area (Å²) in [4.78, 5) is 22.5. The van der Waals surface area contributed by atoms with E-state index in [1.165, 1.54) is 23.1 Å². The molecule has 0 aliphatic carbocycles. The number of rotatable bonds is 5. The molecular formula is C17H20N4O2S2. The Morgan fingerprint density at radius 2 is 2.20 bits per heavy atom. The van der Waals surface area contributed by atoms with Crippen LogP contribution in [0.1, 0.15) is 44.7 Å². The molecule has 1 unspecified atom stereocenters. The molecule has 6 nitrogen and oxygen atoms in total. The lowest BCUT2D eigenvalue weighted by atomic mass is 9.96. The molecule has 0 spiro atoms. The van der Waals surface area contributed by atoms with Crippen molar-refractivity contribution in [1.29, 1.82) is 0 Å². The third-order valence-corrected chi connectivity index (χ3v) is 5.49. The van der Waals surface area contributed by atoms with Gasteiger partial charge >= 0.3 is 0 Å². The Labute approximate surface area is 154 Å². The number of nitrogens with zero attached hydrogens (tertiary/aromatic N) is 4. The van der Waals surface area contributed by atoms with Gasteiger partial charge in [-0.15, -0.1) is 17.9 Å². The minimum absolute atomic E-state index is 0.0539. The number of aromatic nitrogens is 4. The summed E-state index contributed by atoms with van der Waals surface area (Å²) in [5, 5.41) is 7.09. The third-order valence-electron chi connectivity index (χ3n) is 3.60. The maximum absolute atomic E-state index is 12.7. The molecule has 3 aromatic rings. The molecule has 3 rings (SSSR count). The summed E-state index contributed by atoms with van der Waals surface area (Å²) in [5.74, 6) is 1.20. The summed E-state index contributed by atoms with van der Waals surface area (Å²) in [6.45, 7) is 12.2. The van der Waals surface area contributed by atoms with Crippen molar-refractivity contribution in [3.63, 3.8) is 0 Å². The van der Waals surface area contributed by atoms with Gasteiger partial charge in [0.15, 0.2) is 11.0 Å². The Kier molecular flexibility index (Phi) is 4.83. The normalized spacial score (nSPS) is 13.3. The molecule has 3 aromatic heterocycles. The fourth-order valence-corrected chi connectivity index (χ4v) is 3.98. The summed E-state index contributed by atoms with van der Waals surface area (Å²) < 4.78 is 7.04. The van der Waals surface area contributed by atoms with Gasteiger partial charge in [-0.3, -0.25) is 9.36 Å². The SMILES string of the molecule is C=CCn1c(SC(C)c2nc(C(C)(C)C)no2)nc2sccc2c1=O. The van der Waals surface area contributed by atoms with Gasteiger partial charge in [0, 0.05) is 12.0 Å². The maximum atomic E-state index is 12.7. The number of fused-ring (bicyclic) bond motifs is 1. The third kappa shape index (κ3) is 3.55. The molecule has 132 valence electrons. The van der Waals surface area contributed by atoms with Gasteiger partial charge in [0.05, 0.1) is 10.6 Å². The van der Waals surface area contributed by atoms with Gasteiger partial charge in [-0.2, -0.15) is 4.98 Å². The minimum atomic E-state index is -0.175. The second-order valence-corrected chi connectivity index (χ2v) is 8.91. The molecule has 0 N–H and O–H groups in total. The predicted molar refractivity (Wildman–Crippen MR) is 101 cm³/mol. The van der Waals surface area contributed by atoms with E-state index < -0.39 is 0 Å². The second-order valence-electron chi connectivity index (χ2n) is 6.70. The van der Waals surface area contributed by atoms with Gasteiger partial charge in [0.1, 0.15) is 4.83 Å². The fourth-order valence-electron chi connectivity index (χ4n) is 2.22. The molecule has 25 heavy (non-hydrogen) atoms. The number of thiophene rings is 1.